The van der Waals surface area contributed by atoms with E-state index in [-0.39, 0.29) is 11.0 Å². The third-order valence-electron chi connectivity index (χ3n) is 3.33. The molecule has 126 valence electrons. The van der Waals surface area contributed by atoms with E-state index in [1.54, 1.807) is 18.2 Å². The molecule has 2 rings (SSSR count). The molecular weight excluding hydrogens is 435 g/mol. The second-order valence-corrected chi connectivity index (χ2v) is 6.68. The smallest absolute Gasteiger partial charge is 0.257 e. The van der Waals surface area contributed by atoms with Gasteiger partial charge >= 0.3 is 0 Å². The zero-order valence-electron chi connectivity index (χ0n) is 13.6. The fourth-order valence-electron chi connectivity index (χ4n) is 2.20. The number of hydrogen-bond donors (Lipinski definition) is 2. The van der Waals surface area contributed by atoms with Crippen LogP contribution in [0.2, 0.25) is 0 Å². The molecule has 0 radical (unpaired) electrons. The number of thiocarbonyl (C=S) groups is 1. The minimum atomic E-state index is -0.266. The summed E-state index contributed by atoms with van der Waals surface area (Å²) in [5.74, 6) is 0.396. The number of ether oxygens (including phenoxy) is 1. The number of nitrogens with one attached hydrogen (secondary N) is 2. The molecule has 4 nitrogen and oxygen atoms in total. The van der Waals surface area contributed by atoms with Gasteiger partial charge in [-0.05, 0) is 90.1 Å². The fourth-order valence-corrected chi connectivity index (χ4v) is 2.96. The lowest BCUT2D eigenvalue weighted by Gasteiger charge is -2.13. The van der Waals surface area contributed by atoms with Crippen LogP contribution in [0.4, 0.5) is 5.69 Å². The summed E-state index contributed by atoms with van der Waals surface area (Å²) in [5, 5.41) is 6.07. The van der Waals surface area contributed by atoms with Gasteiger partial charge in [-0.15, -0.1) is 0 Å². The molecule has 0 fully saturated rings. The Morgan fingerprint density at radius 1 is 1.21 bits per heavy atom. The van der Waals surface area contributed by atoms with Crippen LogP contribution in [0.25, 0.3) is 0 Å². The Bertz CT molecular complexity index is 750. The minimum Gasteiger partial charge on any atom is -0.494 e. The van der Waals surface area contributed by atoms with Gasteiger partial charge in [-0.2, -0.15) is 0 Å². The highest BCUT2D eigenvalue weighted by atomic mass is 127. The summed E-state index contributed by atoms with van der Waals surface area (Å²) in [6.45, 7) is 4.53. The van der Waals surface area contributed by atoms with Crippen molar-refractivity contribution >= 4 is 51.5 Å². The van der Waals surface area contributed by atoms with Gasteiger partial charge in [0.15, 0.2) is 5.11 Å². The Morgan fingerprint density at radius 2 is 2.00 bits per heavy atom. The summed E-state index contributed by atoms with van der Waals surface area (Å²) >= 11 is 7.53. The molecule has 6 heteroatoms. The van der Waals surface area contributed by atoms with E-state index in [0.717, 1.165) is 21.2 Å². The predicted molar refractivity (Wildman–Crippen MR) is 110 cm³/mol. The van der Waals surface area contributed by atoms with Gasteiger partial charge in [0.2, 0.25) is 0 Å². The first-order chi connectivity index (χ1) is 11.5. The lowest BCUT2D eigenvalue weighted by atomic mass is 10.1. The van der Waals surface area contributed by atoms with Crippen molar-refractivity contribution in [2.45, 2.75) is 20.3 Å². The van der Waals surface area contributed by atoms with E-state index in [4.69, 9.17) is 17.0 Å². The Balaban J connectivity index is 2.04. The van der Waals surface area contributed by atoms with E-state index in [2.05, 4.69) is 46.2 Å². The van der Waals surface area contributed by atoms with Crippen LogP contribution in [-0.2, 0) is 6.42 Å². The third kappa shape index (κ3) is 5.17. The lowest BCUT2D eigenvalue weighted by Crippen LogP contribution is -2.34. The van der Waals surface area contributed by atoms with Gasteiger partial charge in [0.1, 0.15) is 5.75 Å². The van der Waals surface area contributed by atoms with Crippen LogP contribution in [0.1, 0.15) is 29.8 Å². The van der Waals surface area contributed by atoms with Crippen LogP contribution >= 0.6 is 34.8 Å². The molecule has 0 aliphatic rings. The first kappa shape index (κ1) is 18.7. The van der Waals surface area contributed by atoms with Crippen molar-refractivity contribution in [3.05, 3.63) is 57.2 Å². The van der Waals surface area contributed by atoms with Crippen molar-refractivity contribution in [1.29, 1.82) is 0 Å². The van der Waals surface area contributed by atoms with Crippen LogP contribution in [0.5, 0.6) is 5.75 Å². The number of anilines is 1. The van der Waals surface area contributed by atoms with Crippen LogP contribution in [0.3, 0.4) is 0 Å². The number of amides is 1. The fraction of sp³-hybridized carbons (Fsp3) is 0.222. The zero-order chi connectivity index (χ0) is 17.5. The first-order valence-corrected chi connectivity index (χ1v) is 9.15. The SMILES string of the molecule is CCOc1cccc(C(=O)NC(=S)Nc2ccc(I)cc2CC)c1. The number of carbonyl (C=O) groups excluding carboxylic acids is 1. The molecule has 0 heterocycles. The molecule has 1 amide bonds. The van der Waals surface area contributed by atoms with Crippen molar-refractivity contribution in [3.63, 3.8) is 0 Å². The van der Waals surface area contributed by atoms with Crippen LogP contribution in [0, 0.1) is 3.57 Å². The monoisotopic (exact) mass is 454 g/mol. The average molecular weight is 454 g/mol. The maximum atomic E-state index is 12.3. The predicted octanol–water partition coefficient (Wildman–Crippen LogP) is 4.38. The summed E-state index contributed by atoms with van der Waals surface area (Å²) in [5.41, 5.74) is 2.56. The molecule has 0 aromatic heterocycles. The van der Waals surface area contributed by atoms with Gasteiger partial charge in [0.05, 0.1) is 6.61 Å². The number of rotatable bonds is 5. The van der Waals surface area contributed by atoms with E-state index in [0.29, 0.717) is 17.9 Å². The minimum absolute atomic E-state index is 0.266. The van der Waals surface area contributed by atoms with Gasteiger partial charge in [-0.3, -0.25) is 10.1 Å². The molecule has 0 aliphatic carbocycles. The maximum absolute atomic E-state index is 12.3. The summed E-state index contributed by atoms with van der Waals surface area (Å²) < 4.78 is 6.57. The number of carbonyl (C=O) groups is 1. The summed E-state index contributed by atoms with van der Waals surface area (Å²) in [6.07, 6.45) is 0.881. The molecule has 0 saturated heterocycles. The number of aryl methyl sites for hydroxylation is 1. The lowest BCUT2D eigenvalue weighted by molar-refractivity contribution is 0.0977. The third-order valence-corrected chi connectivity index (χ3v) is 4.21. The van der Waals surface area contributed by atoms with Gasteiger partial charge in [-0.1, -0.05) is 13.0 Å². The Hall–Kier alpha value is -1.67. The van der Waals surface area contributed by atoms with Crippen LogP contribution < -0.4 is 15.4 Å². The van der Waals surface area contributed by atoms with Crippen molar-refractivity contribution in [3.8, 4) is 5.75 Å². The summed E-state index contributed by atoms with van der Waals surface area (Å²) in [6, 6.07) is 13.1. The molecule has 24 heavy (non-hydrogen) atoms. The van der Waals surface area contributed by atoms with Crippen molar-refractivity contribution in [1.82, 2.24) is 5.32 Å². The standard InChI is InChI=1S/C18H19IN2O2S/c1-3-12-10-14(19)8-9-16(12)20-18(24)21-17(22)13-6-5-7-15(11-13)23-4-2/h5-11H,3-4H2,1-2H3,(H2,20,21,22,24). The van der Waals surface area contributed by atoms with Gasteiger partial charge in [0.25, 0.3) is 5.91 Å². The maximum Gasteiger partial charge on any atom is 0.257 e. The molecule has 0 atom stereocenters. The molecule has 2 N–H and O–H groups in total. The second-order valence-electron chi connectivity index (χ2n) is 5.02. The van der Waals surface area contributed by atoms with E-state index in [1.807, 2.05) is 25.1 Å². The van der Waals surface area contributed by atoms with Gasteiger partial charge < -0.3 is 10.1 Å². The topological polar surface area (TPSA) is 50.4 Å². The molecular formula is C18H19IN2O2S. The molecule has 0 aliphatic heterocycles. The van der Waals surface area contributed by atoms with E-state index in [9.17, 15) is 4.79 Å². The molecule has 0 bridgehead atoms. The summed E-state index contributed by atoms with van der Waals surface area (Å²) in [7, 11) is 0. The van der Waals surface area contributed by atoms with Crippen molar-refractivity contribution in [2.75, 3.05) is 11.9 Å². The highest BCUT2D eigenvalue weighted by molar-refractivity contribution is 14.1. The van der Waals surface area contributed by atoms with Crippen molar-refractivity contribution in [2.24, 2.45) is 0 Å². The van der Waals surface area contributed by atoms with Gasteiger partial charge in [0, 0.05) is 14.8 Å². The quantitative estimate of drug-likeness (QED) is 0.520. The average Bonchev–Trinajstić information content (AvgIpc) is 2.57. The van der Waals surface area contributed by atoms with E-state index < -0.39 is 0 Å². The zero-order valence-corrected chi connectivity index (χ0v) is 16.5. The molecule has 0 unspecified atom stereocenters. The largest absolute Gasteiger partial charge is 0.494 e. The Morgan fingerprint density at radius 3 is 2.71 bits per heavy atom. The Labute approximate surface area is 161 Å². The number of hydrogen-bond acceptors (Lipinski definition) is 3. The number of benzene rings is 2. The second kappa shape index (κ2) is 8.98. The summed E-state index contributed by atoms with van der Waals surface area (Å²) in [4.78, 5) is 12.3. The van der Waals surface area contributed by atoms with Gasteiger partial charge in [-0.25, -0.2) is 0 Å². The Kier molecular flexibility index (Phi) is 6.99. The van der Waals surface area contributed by atoms with Crippen LogP contribution in [-0.4, -0.2) is 17.6 Å². The molecule has 0 spiro atoms. The molecule has 0 saturated carbocycles. The van der Waals surface area contributed by atoms with Crippen LogP contribution in [0.15, 0.2) is 42.5 Å². The highest BCUT2D eigenvalue weighted by Gasteiger charge is 2.10. The number of halogens is 1. The molecule has 2 aromatic carbocycles. The first-order valence-electron chi connectivity index (χ1n) is 7.67. The highest BCUT2D eigenvalue weighted by Crippen LogP contribution is 2.19. The molecule has 2 aromatic rings. The van der Waals surface area contributed by atoms with E-state index >= 15 is 0 Å². The normalized spacial score (nSPS) is 10.1. The van der Waals surface area contributed by atoms with Crippen molar-refractivity contribution < 1.29 is 9.53 Å². The van der Waals surface area contributed by atoms with E-state index in [1.165, 1.54) is 0 Å².